The van der Waals surface area contributed by atoms with Crippen molar-refractivity contribution >= 4 is 10.2 Å². The fourth-order valence-electron chi connectivity index (χ4n) is 4.54. The Bertz CT molecular complexity index is 563. The summed E-state index contributed by atoms with van der Waals surface area (Å²) in [5, 5.41) is 1.78. The van der Waals surface area contributed by atoms with Crippen LogP contribution in [0.3, 0.4) is 0 Å². The highest BCUT2D eigenvalue weighted by Gasteiger charge is 2.33. The minimum atomic E-state index is 0.630. The van der Waals surface area contributed by atoms with Crippen LogP contribution in [0, 0.1) is 11.8 Å². The van der Waals surface area contributed by atoms with Crippen molar-refractivity contribution in [3.8, 4) is 0 Å². The summed E-state index contributed by atoms with van der Waals surface area (Å²) in [5.41, 5.74) is 9.80. The van der Waals surface area contributed by atoms with Gasteiger partial charge in [0.15, 0.2) is 0 Å². The van der Waals surface area contributed by atoms with Gasteiger partial charge < -0.3 is 0 Å². The van der Waals surface area contributed by atoms with Crippen molar-refractivity contribution in [2.45, 2.75) is 59.8 Å². The SMILES string of the molecule is CC1=C(C)C(C)C(C2=CCC([SiH3])=C2C2CCCC2)=C1C. The lowest BCUT2D eigenvalue weighted by molar-refractivity contribution is 0.646. The van der Waals surface area contributed by atoms with Crippen LogP contribution in [-0.4, -0.2) is 10.2 Å². The molecule has 3 rings (SSSR count). The molecule has 0 heterocycles. The van der Waals surface area contributed by atoms with Crippen molar-refractivity contribution in [3.05, 3.63) is 44.7 Å². The summed E-state index contributed by atoms with van der Waals surface area (Å²) in [5.74, 6) is 1.51. The molecule has 0 radical (unpaired) electrons. The summed E-state index contributed by atoms with van der Waals surface area (Å²) >= 11 is 0. The molecule has 0 nitrogen and oxygen atoms in total. The van der Waals surface area contributed by atoms with Gasteiger partial charge in [-0.15, -0.1) is 0 Å². The lowest BCUT2D eigenvalue weighted by atomic mass is 9.83. The Kier molecular flexibility index (Phi) is 3.66. The maximum Gasteiger partial charge on any atom is 0.0341 e. The smallest absolute Gasteiger partial charge is 0.0341 e. The molecule has 3 aliphatic rings. The van der Waals surface area contributed by atoms with Crippen LogP contribution >= 0.6 is 0 Å². The largest absolute Gasteiger partial charge is 0.0841 e. The fourth-order valence-corrected chi connectivity index (χ4v) is 5.42. The molecular formula is C19H28Si. The van der Waals surface area contributed by atoms with Crippen LogP contribution in [0.15, 0.2) is 44.7 Å². The van der Waals surface area contributed by atoms with Gasteiger partial charge in [-0.05, 0) is 73.8 Å². The monoisotopic (exact) mass is 284 g/mol. The first-order valence-electron chi connectivity index (χ1n) is 8.31. The Morgan fingerprint density at radius 2 is 1.65 bits per heavy atom. The van der Waals surface area contributed by atoms with Gasteiger partial charge in [0.2, 0.25) is 0 Å². The summed E-state index contributed by atoms with van der Waals surface area (Å²) in [6.45, 7) is 9.38. The first-order valence-corrected chi connectivity index (χ1v) is 9.31. The van der Waals surface area contributed by atoms with Crippen molar-refractivity contribution in [2.24, 2.45) is 11.8 Å². The van der Waals surface area contributed by atoms with Gasteiger partial charge in [-0.3, -0.25) is 0 Å². The van der Waals surface area contributed by atoms with Crippen molar-refractivity contribution in [1.29, 1.82) is 0 Å². The number of hydrogen-bond acceptors (Lipinski definition) is 0. The van der Waals surface area contributed by atoms with Crippen LogP contribution in [-0.2, 0) is 0 Å². The van der Waals surface area contributed by atoms with Crippen LogP contribution in [0.2, 0.25) is 0 Å². The molecule has 0 aromatic heterocycles. The zero-order chi connectivity index (χ0) is 14.4. The van der Waals surface area contributed by atoms with E-state index in [-0.39, 0.29) is 0 Å². The average molecular weight is 285 g/mol. The predicted molar refractivity (Wildman–Crippen MR) is 91.9 cm³/mol. The van der Waals surface area contributed by atoms with Gasteiger partial charge in [0.1, 0.15) is 0 Å². The van der Waals surface area contributed by atoms with E-state index in [4.69, 9.17) is 0 Å². The molecule has 1 atom stereocenters. The normalized spacial score (nSPS) is 28.4. The van der Waals surface area contributed by atoms with E-state index in [1.165, 1.54) is 42.3 Å². The van der Waals surface area contributed by atoms with Crippen molar-refractivity contribution < 1.29 is 0 Å². The summed E-state index contributed by atoms with van der Waals surface area (Å²) < 4.78 is 0. The summed E-state index contributed by atoms with van der Waals surface area (Å²) in [4.78, 5) is 0. The quantitative estimate of drug-likeness (QED) is 0.658. The molecule has 0 saturated heterocycles. The summed E-state index contributed by atoms with van der Waals surface area (Å²) in [6.07, 6.45) is 9.56. The lowest BCUT2D eigenvalue weighted by Crippen LogP contribution is -2.08. The molecular weight excluding hydrogens is 256 g/mol. The number of hydrogen-bond donors (Lipinski definition) is 0. The average Bonchev–Trinajstić information content (AvgIpc) is 3.09. The maximum absolute atomic E-state index is 2.55. The minimum Gasteiger partial charge on any atom is -0.0841 e. The second kappa shape index (κ2) is 5.18. The first-order chi connectivity index (χ1) is 9.52. The highest BCUT2D eigenvalue weighted by atomic mass is 28.1. The van der Waals surface area contributed by atoms with Crippen LogP contribution in [0.25, 0.3) is 0 Å². The van der Waals surface area contributed by atoms with Crippen molar-refractivity contribution in [1.82, 2.24) is 0 Å². The molecule has 1 saturated carbocycles. The van der Waals surface area contributed by atoms with E-state index in [1.807, 2.05) is 0 Å². The summed E-state index contributed by atoms with van der Waals surface area (Å²) in [7, 11) is 1.25. The Labute approximate surface area is 127 Å². The van der Waals surface area contributed by atoms with E-state index >= 15 is 0 Å². The van der Waals surface area contributed by atoms with Crippen molar-refractivity contribution in [3.63, 3.8) is 0 Å². The number of allylic oxidation sites excluding steroid dienone is 8. The Morgan fingerprint density at radius 1 is 1.00 bits per heavy atom. The minimum absolute atomic E-state index is 0.630. The molecule has 0 amide bonds. The Balaban J connectivity index is 2.00. The highest BCUT2D eigenvalue weighted by Crippen LogP contribution is 2.48. The zero-order valence-corrected chi connectivity index (χ0v) is 15.8. The molecule has 0 aliphatic heterocycles. The van der Waals surface area contributed by atoms with Crippen molar-refractivity contribution in [2.75, 3.05) is 0 Å². The zero-order valence-electron chi connectivity index (χ0n) is 13.8. The molecule has 108 valence electrons. The fraction of sp³-hybridized carbons (Fsp3) is 0.579. The molecule has 3 aliphatic carbocycles. The third-order valence-electron chi connectivity index (χ3n) is 6.06. The van der Waals surface area contributed by atoms with E-state index in [0.29, 0.717) is 5.92 Å². The second-order valence-corrected chi connectivity index (χ2v) is 8.27. The highest BCUT2D eigenvalue weighted by molar-refractivity contribution is 6.23. The molecule has 1 unspecified atom stereocenters. The van der Waals surface area contributed by atoms with Crippen LogP contribution in [0.5, 0.6) is 0 Å². The molecule has 20 heavy (non-hydrogen) atoms. The van der Waals surface area contributed by atoms with E-state index in [0.717, 1.165) is 5.92 Å². The Morgan fingerprint density at radius 3 is 2.20 bits per heavy atom. The van der Waals surface area contributed by atoms with Gasteiger partial charge in [-0.2, -0.15) is 0 Å². The second-order valence-electron chi connectivity index (χ2n) is 7.07. The van der Waals surface area contributed by atoms with E-state index in [1.54, 1.807) is 38.6 Å². The van der Waals surface area contributed by atoms with Crippen LogP contribution in [0.4, 0.5) is 0 Å². The molecule has 0 aromatic rings. The summed E-state index contributed by atoms with van der Waals surface area (Å²) in [6, 6.07) is 0. The molecule has 1 heteroatoms. The van der Waals surface area contributed by atoms with E-state index in [2.05, 4.69) is 33.8 Å². The standard InChI is InChI=1S/C19H28Si/c1-11-12(2)14(4)18(13(11)3)16-9-10-17(20)19(16)15-7-5-6-8-15/h9,13,15H,5-8,10H2,1-4,20H3. The predicted octanol–water partition coefficient (Wildman–Crippen LogP) is 4.43. The molecule has 1 fully saturated rings. The third kappa shape index (κ3) is 2.02. The van der Waals surface area contributed by atoms with Crippen LogP contribution < -0.4 is 0 Å². The molecule has 0 spiro atoms. The lowest BCUT2D eigenvalue weighted by Gasteiger charge is -2.22. The first kappa shape index (κ1) is 14.1. The van der Waals surface area contributed by atoms with Gasteiger partial charge in [0.05, 0.1) is 0 Å². The van der Waals surface area contributed by atoms with E-state index in [9.17, 15) is 0 Å². The van der Waals surface area contributed by atoms with Gasteiger partial charge in [-0.25, -0.2) is 0 Å². The van der Waals surface area contributed by atoms with Gasteiger partial charge >= 0.3 is 0 Å². The van der Waals surface area contributed by atoms with Gasteiger partial charge in [0, 0.05) is 16.2 Å². The van der Waals surface area contributed by atoms with Gasteiger partial charge in [0.25, 0.3) is 0 Å². The van der Waals surface area contributed by atoms with Gasteiger partial charge in [-0.1, -0.05) is 36.6 Å². The topological polar surface area (TPSA) is 0 Å². The molecule has 0 N–H and O–H groups in total. The molecule has 0 aromatic carbocycles. The van der Waals surface area contributed by atoms with Crippen LogP contribution in [0.1, 0.15) is 59.8 Å². The maximum atomic E-state index is 2.55. The molecule has 0 bridgehead atoms. The van der Waals surface area contributed by atoms with E-state index < -0.39 is 0 Å². The number of rotatable bonds is 2. The third-order valence-corrected chi connectivity index (χ3v) is 7.00. The Hall–Kier alpha value is -0.823.